The van der Waals surface area contributed by atoms with Crippen LogP contribution in [0.25, 0.3) is 0 Å². The smallest absolute Gasteiger partial charge is 0.221 e. The van der Waals surface area contributed by atoms with Crippen molar-refractivity contribution in [2.75, 3.05) is 13.1 Å². The second-order valence-corrected chi connectivity index (χ2v) is 3.93. The van der Waals surface area contributed by atoms with E-state index in [2.05, 4.69) is 4.99 Å². The summed E-state index contributed by atoms with van der Waals surface area (Å²) < 4.78 is 0. The lowest BCUT2D eigenvalue weighted by atomic mass is 9.92. The molecule has 0 bridgehead atoms. The van der Waals surface area contributed by atoms with Crippen LogP contribution in [0.2, 0.25) is 0 Å². The molecule has 1 unspecified atom stereocenters. The number of nitrogens with two attached hydrogens (primary N) is 2. The lowest BCUT2D eigenvalue weighted by Gasteiger charge is -2.33. The second-order valence-electron chi connectivity index (χ2n) is 3.93. The normalized spacial score (nSPS) is 19.7. The molecule has 0 aromatic heterocycles. The van der Waals surface area contributed by atoms with Gasteiger partial charge in [0.2, 0.25) is 5.96 Å². The topological polar surface area (TPSA) is 112 Å². The highest BCUT2D eigenvalue weighted by Crippen LogP contribution is 2.20. The zero-order valence-electron chi connectivity index (χ0n) is 8.98. The number of nitrogens with one attached hydrogen (secondary N) is 1. The first-order valence-corrected chi connectivity index (χ1v) is 5.12. The van der Waals surface area contributed by atoms with E-state index in [1.54, 1.807) is 0 Å². The first-order valence-electron chi connectivity index (χ1n) is 5.12. The number of guanidine groups is 2. The minimum atomic E-state index is -0.274. The number of nitrogens with zero attached hydrogens (tertiary/aromatic N) is 2. The van der Waals surface area contributed by atoms with Crippen molar-refractivity contribution in [2.24, 2.45) is 22.4 Å². The van der Waals surface area contributed by atoms with Crippen LogP contribution < -0.4 is 11.5 Å². The maximum atomic E-state index is 9.41. The van der Waals surface area contributed by atoms with Gasteiger partial charge in [0.15, 0.2) is 5.96 Å². The fourth-order valence-corrected chi connectivity index (χ4v) is 1.79. The van der Waals surface area contributed by atoms with Gasteiger partial charge in [0, 0.05) is 13.1 Å². The van der Waals surface area contributed by atoms with Gasteiger partial charge in [-0.1, -0.05) is 0 Å². The molecule has 0 aliphatic carbocycles. The van der Waals surface area contributed by atoms with E-state index in [1.807, 2.05) is 11.8 Å². The van der Waals surface area contributed by atoms with Gasteiger partial charge >= 0.3 is 0 Å². The van der Waals surface area contributed by atoms with E-state index >= 15 is 0 Å². The van der Waals surface area contributed by atoms with E-state index in [0.717, 1.165) is 25.9 Å². The van der Waals surface area contributed by atoms with Gasteiger partial charge in [-0.25, -0.2) is 0 Å². The fraction of sp³-hybridized carbons (Fsp3) is 0.778. The van der Waals surface area contributed by atoms with Crippen molar-refractivity contribution in [3.8, 4) is 0 Å². The molecule has 86 valence electrons. The van der Waals surface area contributed by atoms with Crippen LogP contribution >= 0.6 is 0 Å². The van der Waals surface area contributed by atoms with Crippen LogP contribution in [0.15, 0.2) is 4.99 Å². The standard InChI is InChI=1S/C9H19N5O/c1-6(15)7-2-4-14(5-3-7)9(12)13-8(10)11/h6-7,15H,2-5H2,1H3,(H5,10,11,12,13). The van der Waals surface area contributed by atoms with Gasteiger partial charge in [0.1, 0.15) is 0 Å². The second kappa shape index (κ2) is 4.97. The quantitative estimate of drug-likeness (QED) is 0.340. The molecule has 0 spiro atoms. The molecule has 1 aliphatic rings. The summed E-state index contributed by atoms with van der Waals surface area (Å²) in [5, 5.41) is 17.0. The molecule has 1 rings (SSSR count). The molecule has 1 atom stereocenters. The fourth-order valence-electron chi connectivity index (χ4n) is 1.79. The van der Waals surface area contributed by atoms with Crippen LogP contribution in [0.3, 0.4) is 0 Å². The number of aliphatic hydroxyl groups excluding tert-OH is 1. The molecule has 1 heterocycles. The summed E-state index contributed by atoms with van der Waals surface area (Å²) in [7, 11) is 0. The Bertz CT molecular complexity index is 251. The molecule has 1 aliphatic heterocycles. The van der Waals surface area contributed by atoms with Crippen LogP contribution in [0.5, 0.6) is 0 Å². The number of hydrogen-bond donors (Lipinski definition) is 4. The Morgan fingerprint density at radius 3 is 2.40 bits per heavy atom. The summed E-state index contributed by atoms with van der Waals surface area (Å²) >= 11 is 0. The first-order chi connectivity index (χ1) is 7.00. The highest BCUT2D eigenvalue weighted by Gasteiger charge is 2.23. The molecule has 0 aromatic rings. The van der Waals surface area contributed by atoms with E-state index in [0.29, 0.717) is 5.92 Å². The molecule has 6 N–H and O–H groups in total. The Morgan fingerprint density at radius 2 is 2.00 bits per heavy atom. The van der Waals surface area contributed by atoms with Crippen LogP contribution in [-0.4, -0.2) is 41.1 Å². The van der Waals surface area contributed by atoms with Gasteiger partial charge in [0.05, 0.1) is 6.10 Å². The van der Waals surface area contributed by atoms with Crippen LogP contribution in [0, 0.1) is 11.3 Å². The highest BCUT2D eigenvalue weighted by molar-refractivity contribution is 5.91. The minimum absolute atomic E-state index is 0.0855. The molecule has 0 radical (unpaired) electrons. The predicted octanol–water partition coefficient (Wildman–Crippen LogP) is -0.713. The van der Waals surface area contributed by atoms with Crippen molar-refractivity contribution < 1.29 is 5.11 Å². The van der Waals surface area contributed by atoms with E-state index in [9.17, 15) is 5.11 Å². The third kappa shape index (κ3) is 3.39. The van der Waals surface area contributed by atoms with Gasteiger partial charge in [-0.15, -0.1) is 0 Å². The first kappa shape index (κ1) is 11.8. The number of aliphatic imine (C=N–C) groups is 1. The third-order valence-electron chi connectivity index (χ3n) is 2.76. The van der Waals surface area contributed by atoms with E-state index in [-0.39, 0.29) is 18.0 Å². The Labute approximate surface area is 89.5 Å². The summed E-state index contributed by atoms with van der Waals surface area (Å²) in [5.41, 5.74) is 10.4. The lowest BCUT2D eigenvalue weighted by Crippen LogP contribution is -2.41. The molecule has 0 saturated carbocycles. The van der Waals surface area contributed by atoms with Crippen LogP contribution in [-0.2, 0) is 0 Å². The van der Waals surface area contributed by atoms with E-state index in [4.69, 9.17) is 16.9 Å². The van der Waals surface area contributed by atoms with Gasteiger partial charge in [-0.3, -0.25) is 5.41 Å². The average molecular weight is 213 g/mol. The number of rotatable bonds is 1. The molecule has 0 amide bonds. The Hall–Kier alpha value is -1.30. The predicted molar refractivity (Wildman–Crippen MR) is 59.5 cm³/mol. The van der Waals surface area contributed by atoms with Crippen LogP contribution in [0.4, 0.5) is 0 Å². The van der Waals surface area contributed by atoms with Gasteiger partial charge in [-0.2, -0.15) is 4.99 Å². The molecule has 6 nitrogen and oxygen atoms in total. The van der Waals surface area contributed by atoms with Crippen LogP contribution in [0.1, 0.15) is 19.8 Å². The molecular formula is C9H19N5O. The Kier molecular flexibility index (Phi) is 3.90. The van der Waals surface area contributed by atoms with Crippen molar-refractivity contribution in [3.63, 3.8) is 0 Å². The van der Waals surface area contributed by atoms with E-state index < -0.39 is 0 Å². The van der Waals surface area contributed by atoms with Crippen molar-refractivity contribution in [1.29, 1.82) is 5.41 Å². The summed E-state index contributed by atoms with van der Waals surface area (Å²) in [6, 6.07) is 0. The molecular weight excluding hydrogens is 194 g/mol. The monoisotopic (exact) mass is 213 g/mol. The number of aliphatic hydroxyl groups is 1. The number of piperidine rings is 1. The van der Waals surface area contributed by atoms with Crippen molar-refractivity contribution in [2.45, 2.75) is 25.9 Å². The molecule has 1 fully saturated rings. The largest absolute Gasteiger partial charge is 0.393 e. The average Bonchev–Trinajstić information content (AvgIpc) is 2.17. The van der Waals surface area contributed by atoms with Crippen molar-refractivity contribution in [3.05, 3.63) is 0 Å². The van der Waals surface area contributed by atoms with E-state index in [1.165, 1.54) is 0 Å². The SMILES string of the molecule is CC(O)C1CCN(C(=N)N=C(N)N)CC1. The van der Waals surface area contributed by atoms with Crippen molar-refractivity contribution >= 4 is 11.9 Å². The number of hydrogen-bond acceptors (Lipinski definition) is 2. The van der Waals surface area contributed by atoms with Gasteiger partial charge < -0.3 is 21.5 Å². The van der Waals surface area contributed by atoms with Gasteiger partial charge in [0.25, 0.3) is 0 Å². The summed E-state index contributed by atoms with van der Waals surface area (Å²) in [6.45, 7) is 3.26. The molecule has 1 saturated heterocycles. The lowest BCUT2D eigenvalue weighted by molar-refractivity contribution is 0.0886. The molecule has 15 heavy (non-hydrogen) atoms. The summed E-state index contributed by atoms with van der Waals surface area (Å²) in [5.74, 6) is 0.352. The molecule has 0 aromatic carbocycles. The third-order valence-corrected chi connectivity index (χ3v) is 2.76. The minimum Gasteiger partial charge on any atom is -0.393 e. The zero-order chi connectivity index (χ0) is 11.4. The highest BCUT2D eigenvalue weighted by atomic mass is 16.3. The zero-order valence-corrected chi connectivity index (χ0v) is 8.98. The Balaban J connectivity index is 2.44. The summed E-state index contributed by atoms with van der Waals surface area (Å²) in [6.07, 6.45) is 1.48. The maximum Gasteiger partial charge on any atom is 0.221 e. The Morgan fingerprint density at radius 1 is 1.47 bits per heavy atom. The van der Waals surface area contributed by atoms with Gasteiger partial charge in [-0.05, 0) is 25.7 Å². The number of likely N-dealkylation sites (tertiary alicyclic amines) is 1. The maximum absolute atomic E-state index is 9.41. The summed E-state index contributed by atoms with van der Waals surface area (Å²) in [4.78, 5) is 5.51. The van der Waals surface area contributed by atoms with Crippen molar-refractivity contribution in [1.82, 2.24) is 4.90 Å². The molecule has 6 heteroatoms.